The molecular weight excluding hydrogens is 495 g/mol. The van der Waals surface area contributed by atoms with Crippen LogP contribution in [-0.4, -0.2) is 35.9 Å². The van der Waals surface area contributed by atoms with Gasteiger partial charge in [0.15, 0.2) is 11.5 Å². The van der Waals surface area contributed by atoms with Crippen molar-refractivity contribution in [2.75, 3.05) is 7.11 Å². The molecule has 2 aromatic rings. The van der Waals surface area contributed by atoms with Crippen molar-refractivity contribution in [2.24, 2.45) is 0 Å². The molecular formula is C24H22BrFN2O5. The van der Waals surface area contributed by atoms with E-state index >= 15 is 0 Å². The monoisotopic (exact) mass is 516 g/mol. The van der Waals surface area contributed by atoms with Crippen LogP contribution >= 0.6 is 15.9 Å². The van der Waals surface area contributed by atoms with Gasteiger partial charge in [-0.3, -0.25) is 19.8 Å². The maximum atomic E-state index is 13.9. The minimum Gasteiger partial charge on any atom is -0.493 e. The van der Waals surface area contributed by atoms with E-state index in [0.29, 0.717) is 27.1 Å². The lowest BCUT2D eigenvalue weighted by Gasteiger charge is -2.31. The molecule has 7 nitrogen and oxygen atoms in total. The van der Waals surface area contributed by atoms with Crippen LogP contribution in [0.25, 0.3) is 6.08 Å². The van der Waals surface area contributed by atoms with Crippen LogP contribution in [0.1, 0.15) is 36.8 Å². The van der Waals surface area contributed by atoms with Gasteiger partial charge < -0.3 is 9.47 Å². The van der Waals surface area contributed by atoms with Crippen LogP contribution in [0.4, 0.5) is 9.18 Å². The number of hydrogen-bond donors (Lipinski definition) is 1. The lowest BCUT2D eigenvalue weighted by Crippen LogP contribution is -2.57. The van der Waals surface area contributed by atoms with Crippen molar-refractivity contribution < 1.29 is 28.2 Å². The van der Waals surface area contributed by atoms with Crippen LogP contribution in [0, 0.1) is 5.82 Å². The summed E-state index contributed by atoms with van der Waals surface area (Å²) < 4.78 is 25.6. The van der Waals surface area contributed by atoms with Crippen LogP contribution in [0.3, 0.4) is 0 Å². The van der Waals surface area contributed by atoms with Crippen molar-refractivity contribution in [1.82, 2.24) is 10.2 Å². The van der Waals surface area contributed by atoms with Gasteiger partial charge in [-0.2, -0.15) is 0 Å². The number of hydrogen-bond acceptors (Lipinski definition) is 5. The van der Waals surface area contributed by atoms with E-state index in [0.717, 1.165) is 30.6 Å². The van der Waals surface area contributed by atoms with Crippen LogP contribution in [-0.2, 0) is 16.2 Å². The third-order valence-electron chi connectivity index (χ3n) is 5.75. The molecule has 33 heavy (non-hydrogen) atoms. The summed E-state index contributed by atoms with van der Waals surface area (Å²) in [6, 6.07) is 8.64. The Labute approximate surface area is 198 Å². The Hall–Kier alpha value is -3.20. The first kappa shape index (κ1) is 23.0. The zero-order valence-corrected chi connectivity index (χ0v) is 19.5. The number of amides is 4. The Morgan fingerprint density at radius 2 is 1.88 bits per heavy atom. The van der Waals surface area contributed by atoms with E-state index in [4.69, 9.17) is 9.47 Å². The number of rotatable bonds is 6. The smallest absolute Gasteiger partial charge is 0.331 e. The summed E-state index contributed by atoms with van der Waals surface area (Å²) in [5, 5.41) is 2.26. The van der Waals surface area contributed by atoms with Gasteiger partial charge in [-0.05, 0) is 42.7 Å². The molecule has 2 aromatic carbocycles. The van der Waals surface area contributed by atoms with E-state index < -0.39 is 17.8 Å². The van der Waals surface area contributed by atoms with E-state index in [1.54, 1.807) is 30.3 Å². The van der Waals surface area contributed by atoms with E-state index in [1.807, 2.05) is 0 Å². The SMILES string of the molecule is COc1cc(/C=C2\C(=O)NC(=O)N(C3CCCC3)C2=O)c(Br)cc1OCc1ccccc1F. The van der Waals surface area contributed by atoms with Crippen molar-refractivity contribution in [2.45, 2.75) is 38.3 Å². The molecule has 1 heterocycles. The summed E-state index contributed by atoms with van der Waals surface area (Å²) in [4.78, 5) is 38.9. The number of urea groups is 1. The highest BCUT2D eigenvalue weighted by atomic mass is 79.9. The number of ether oxygens (including phenoxy) is 2. The van der Waals surface area contributed by atoms with Crippen molar-refractivity contribution in [3.05, 3.63) is 63.4 Å². The molecule has 172 valence electrons. The number of halogens is 2. The zero-order valence-electron chi connectivity index (χ0n) is 17.9. The van der Waals surface area contributed by atoms with Crippen LogP contribution in [0.15, 0.2) is 46.4 Å². The quantitative estimate of drug-likeness (QED) is 0.448. The topological polar surface area (TPSA) is 84.9 Å². The summed E-state index contributed by atoms with van der Waals surface area (Å²) in [6.45, 7) is -0.00470. The minimum absolute atomic E-state index is 0.00470. The normalized spacial score (nSPS) is 18.1. The van der Waals surface area contributed by atoms with Gasteiger partial charge in [0.1, 0.15) is 18.0 Å². The molecule has 1 aliphatic heterocycles. The van der Waals surface area contributed by atoms with E-state index in [-0.39, 0.29) is 24.0 Å². The Bertz CT molecular complexity index is 1140. The second-order valence-electron chi connectivity index (χ2n) is 7.84. The number of benzene rings is 2. The predicted octanol–water partition coefficient (Wildman–Crippen LogP) is 4.58. The molecule has 0 radical (unpaired) electrons. The maximum absolute atomic E-state index is 13.9. The highest BCUT2D eigenvalue weighted by Gasteiger charge is 2.40. The van der Waals surface area contributed by atoms with Crippen LogP contribution in [0.5, 0.6) is 11.5 Å². The van der Waals surface area contributed by atoms with E-state index in [9.17, 15) is 18.8 Å². The average Bonchev–Trinajstić information content (AvgIpc) is 3.31. The van der Waals surface area contributed by atoms with Crippen molar-refractivity contribution in [3.8, 4) is 11.5 Å². The number of nitrogens with zero attached hydrogens (tertiary/aromatic N) is 1. The first-order valence-electron chi connectivity index (χ1n) is 10.5. The number of carbonyl (C=O) groups excluding carboxylic acids is 3. The zero-order chi connectivity index (χ0) is 23.5. The third kappa shape index (κ3) is 4.78. The lowest BCUT2D eigenvalue weighted by atomic mass is 10.0. The molecule has 0 atom stereocenters. The van der Waals surface area contributed by atoms with Gasteiger partial charge >= 0.3 is 6.03 Å². The molecule has 0 unspecified atom stereocenters. The summed E-state index contributed by atoms with van der Waals surface area (Å²) in [5.41, 5.74) is 0.747. The molecule has 4 rings (SSSR count). The second kappa shape index (κ2) is 9.74. The van der Waals surface area contributed by atoms with Gasteiger partial charge in [0.05, 0.1) is 7.11 Å². The molecule has 1 aliphatic carbocycles. The molecule has 0 aromatic heterocycles. The minimum atomic E-state index is -0.745. The second-order valence-corrected chi connectivity index (χ2v) is 8.69. The number of barbiturate groups is 1. The first-order valence-corrected chi connectivity index (χ1v) is 11.3. The molecule has 2 aliphatic rings. The lowest BCUT2D eigenvalue weighted by molar-refractivity contribution is -0.131. The van der Waals surface area contributed by atoms with Gasteiger partial charge in [-0.1, -0.05) is 47.0 Å². The highest BCUT2D eigenvalue weighted by Crippen LogP contribution is 2.36. The number of nitrogens with one attached hydrogen (secondary N) is 1. The summed E-state index contributed by atoms with van der Waals surface area (Å²) in [5.74, 6) is -1.03. The third-order valence-corrected chi connectivity index (χ3v) is 6.43. The van der Waals surface area contributed by atoms with E-state index in [2.05, 4.69) is 21.2 Å². The fourth-order valence-electron chi connectivity index (χ4n) is 4.03. The van der Waals surface area contributed by atoms with Gasteiger partial charge in [0.2, 0.25) is 0 Å². The molecule has 0 bridgehead atoms. The fraction of sp³-hybridized carbons (Fsp3) is 0.292. The van der Waals surface area contributed by atoms with Crippen LogP contribution in [0.2, 0.25) is 0 Å². The summed E-state index contributed by atoms with van der Waals surface area (Å²) in [6.07, 6.45) is 4.75. The molecule has 0 spiro atoms. The van der Waals surface area contributed by atoms with Gasteiger partial charge in [-0.25, -0.2) is 9.18 Å². The maximum Gasteiger partial charge on any atom is 0.331 e. The van der Waals surface area contributed by atoms with E-state index in [1.165, 1.54) is 19.3 Å². The van der Waals surface area contributed by atoms with Crippen molar-refractivity contribution >= 4 is 39.9 Å². The van der Waals surface area contributed by atoms with Crippen molar-refractivity contribution in [3.63, 3.8) is 0 Å². The Morgan fingerprint density at radius 3 is 2.58 bits per heavy atom. The number of methoxy groups -OCH3 is 1. The standard InChI is InChI=1S/C24H22BrFN2O5/c1-32-20-11-15(18(25)12-21(20)33-13-14-6-2-5-9-19(14)26)10-17-22(29)27-24(31)28(23(17)30)16-7-3-4-8-16/h2,5-6,9-12,16H,3-4,7-8,13H2,1H3,(H,27,29,31)/b17-10+. The number of carbonyl (C=O) groups is 3. The molecule has 1 saturated carbocycles. The fourth-order valence-corrected chi connectivity index (χ4v) is 4.46. The molecule has 9 heteroatoms. The molecule has 4 amide bonds. The Kier molecular flexibility index (Phi) is 6.78. The van der Waals surface area contributed by atoms with Gasteiger partial charge in [0.25, 0.3) is 11.8 Å². The van der Waals surface area contributed by atoms with Crippen LogP contribution < -0.4 is 14.8 Å². The Morgan fingerprint density at radius 1 is 1.15 bits per heavy atom. The summed E-state index contributed by atoms with van der Waals surface area (Å²) >= 11 is 3.43. The van der Waals surface area contributed by atoms with Crippen molar-refractivity contribution in [1.29, 1.82) is 0 Å². The molecule has 1 N–H and O–H groups in total. The van der Waals surface area contributed by atoms with Gasteiger partial charge in [0, 0.05) is 16.1 Å². The largest absolute Gasteiger partial charge is 0.493 e. The molecule has 2 fully saturated rings. The summed E-state index contributed by atoms with van der Waals surface area (Å²) in [7, 11) is 1.45. The Balaban J connectivity index is 1.61. The molecule has 1 saturated heterocycles. The van der Waals surface area contributed by atoms with Gasteiger partial charge in [-0.15, -0.1) is 0 Å². The predicted molar refractivity (Wildman–Crippen MR) is 122 cm³/mol. The highest BCUT2D eigenvalue weighted by molar-refractivity contribution is 9.10. The average molecular weight is 517 g/mol. The number of imide groups is 2. The first-order chi connectivity index (χ1) is 15.9.